The maximum Gasteiger partial charge on any atom is 0.0991 e. The number of anilines is 1. The molecule has 1 heterocycles. The largest absolute Gasteiger partial charge is 0.371 e. The van der Waals surface area contributed by atoms with E-state index in [1.807, 2.05) is 24.5 Å². The Hall–Kier alpha value is -2.07. The average molecular weight is 426 g/mol. The van der Waals surface area contributed by atoms with Gasteiger partial charge in [0.05, 0.1) is 22.2 Å². The average Bonchev–Trinajstić information content (AvgIpc) is 2.78. The summed E-state index contributed by atoms with van der Waals surface area (Å²) in [5.74, 6) is 0.545. The van der Waals surface area contributed by atoms with Crippen LogP contribution in [0.3, 0.4) is 0 Å². The van der Waals surface area contributed by atoms with E-state index >= 15 is 0 Å². The van der Waals surface area contributed by atoms with Crippen molar-refractivity contribution in [1.82, 2.24) is 4.90 Å². The number of benzene rings is 2. The molecule has 3 rings (SSSR count). The summed E-state index contributed by atoms with van der Waals surface area (Å²) in [6, 6.07) is 16.4. The number of nitriles is 1. The summed E-state index contributed by atoms with van der Waals surface area (Å²) in [7, 11) is 0. The van der Waals surface area contributed by atoms with Crippen LogP contribution in [0, 0.1) is 11.3 Å². The molecule has 2 aromatic rings. The molecular formula is C23H27N3OS2. The van der Waals surface area contributed by atoms with Crippen LogP contribution in [0.5, 0.6) is 0 Å². The fourth-order valence-electron chi connectivity index (χ4n) is 3.87. The van der Waals surface area contributed by atoms with Crippen molar-refractivity contribution in [2.24, 2.45) is 0 Å². The molecule has 0 bridgehead atoms. The van der Waals surface area contributed by atoms with Gasteiger partial charge in [-0.25, -0.2) is 0 Å². The summed E-state index contributed by atoms with van der Waals surface area (Å²) in [6.45, 7) is 4.19. The van der Waals surface area contributed by atoms with Crippen LogP contribution in [-0.2, 0) is 0 Å². The highest BCUT2D eigenvalue weighted by Crippen LogP contribution is 2.35. The van der Waals surface area contributed by atoms with Gasteiger partial charge in [0.25, 0.3) is 0 Å². The first-order valence-electron chi connectivity index (χ1n) is 9.90. The van der Waals surface area contributed by atoms with Gasteiger partial charge in [0, 0.05) is 37.1 Å². The Morgan fingerprint density at radius 1 is 1.24 bits per heavy atom. The number of hydrogen-bond acceptors (Lipinski definition) is 6. The van der Waals surface area contributed by atoms with Gasteiger partial charge in [-0.1, -0.05) is 43.1 Å². The first-order chi connectivity index (χ1) is 14.2. The lowest BCUT2D eigenvalue weighted by atomic mass is 9.88. The van der Waals surface area contributed by atoms with Gasteiger partial charge in [-0.15, -0.1) is 0 Å². The van der Waals surface area contributed by atoms with Crippen LogP contribution >= 0.6 is 24.0 Å². The number of piperidine rings is 1. The fourth-order valence-corrected chi connectivity index (χ4v) is 4.66. The van der Waals surface area contributed by atoms with E-state index in [1.54, 1.807) is 0 Å². The van der Waals surface area contributed by atoms with Crippen molar-refractivity contribution < 1.29 is 4.55 Å². The Morgan fingerprint density at radius 2 is 1.97 bits per heavy atom. The van der Waals surface area contributed by atoms with Gasteiger partial charge in [-0.3, -0.25) is 0 Å². The number of nitrogens with zero attached hydrogens (tertiary/aromatic N) is 2. The summed E-state index contributed by atoms with van der Waals surface area (Å²) >= 11 is 2.30. The van der Waals surface area contributed by atoms with Crippen LogP contribution in [0.2, 0.25) is 0 Å². The third-order valence-corrected chi connectivity index (χ3v) is 6.31. The van der Waals surface area contributed by atoms with Crippen molar-refractivity contribution in [2.45, 2.75) is 37.0 Å². The van der Waals surface area contributed by atoms with Crippen LogP contribution in [0.4, 0.5) is 5.69 Å². The molecule has 152 valence electrons. The van der Waals surface area contributed by atoms with E-state index in [0.717, 1.165) is 60.5 Å². The molecule has 0 spiro atoms. The standard InChI is InChI=1S/C23H27N3OS2/c1-3-4-22(20-9-10-23(29-27)21(15-20)25-28-2)26-13-11-19(12-14-26)18-7-5-17(16-24)6-8-18/h4-10,15,19,25,27H,3,11-14H2,1-2H3/b22-4+. The molecule has 0 saturated carbocycles. The zero-order valence-electron chi connectivity index (χ0n) is 16.9. The third kappa shape index (κ3) is 5.30. The molecular weight excluding hydrogens is 398 g/mol. The molecule has 0 aromatic heterocycles. The van der Waals surface area contributed by atoms with Crippen LogP contribution in [0.15, 0.2) is 53.4 Å². The van der Waals surface area contributed by atoms with Gasteiger partial charge in [0.1, 0.15) is 0 Å². The summed E-state index contributed by atoms with van der Waals surface area (Å²) in [6.07, 6.45) is 7.47. The third-order valence-electron chi connectivity index (χ3n) is 5.33. The smallest absolute Gasteiger partial charge is 0.0991 e. The van der Waals surface area contributed by atoms with Crippen LogP contribution < -0.4 is 4.72 Å². The van der Waals surface area contributed by atoms with E-state index in [9.17, 15) is 4.55 Å². The number of allylic oxidation sites excluding steroid dienone is 1. The van der Waals surface area contributed by atoms with Gasteiger partial charge in [0.15, 0.2) is 0 Å². The Labute approximate surface area is 182 Å². The molecule has 2 aromatic carbocycles. The lowest BCUT2D eigenvalue weighted by molar-refractivity contribution is 0.298. The topological polar surface area (TPSA) is 59.3 Å². The van der Waals surface area contributed by atoms with Gasteiger partial charge in [-0.05, 0) is 60.6 Å². The molecule has 1 fully saturated rings. The van der Waals surface area contributed by atoms with Crippen LogP contribution in [-0.4, -0.2) is 28.8 Å². The molecule has 0 atom stereocenters. The van der Waals surface area contributed by atoms with E-state index in [4.69, 9.17) is 5.26 Å². The Morgan fingerprint density at radius 3 is 2.55 bits per heavy atom. The minimum absolute atomic E-state index is 0.545. The van der Waals surface area contributed by atoms with E-state index in [-0.39, 0.29) is 0 Å². The molecule has 0 aliphatic carbocycles. The van der Waals surface area contributed by atoms with Gasteiger partial charge < -0.3 is 14.2 Å². The fraction of sp³-hybridized carbons (Fsp3) is 0.348. The molecule has 2 N–H and O–H groups in total. The minimum Gasteiger partial charge on any atom is -0.371 e. The van der Waals surface area contributed by atoms with Crippen molar-refractivity contribution in [3.05, 3.63) is 65.2 Å². The minimum atomic E-state index is 0.545. The van der Waals surface area contributed by atoms with Gasteiger partial charge >= 0.3 is 0 Å². The highest BCUT2D eigenvalue weighted by atomic mass is 32.2. The van der Waals surface area contributed by atoms with Gasteiger partial charge in [0.2, 0.25) is 0 Å². The van der Waals surface area contributed by atoms with Crippen LogP contribution in [0.1, 0.15) is 48.8 Å². The highest BCUT2D eigenvalue weighted by Gasteiger charge is 2.23. The Balaban J connectivity index is 1.75. The summed E-state index contributed by atoms with van der Waals surface area (Å²) in [4.78, 5) is 3.31. The van der Waals surface area contributed by atoms with Crippen molar-refractivity contribution in [3.8, 4) is 6.07 Å². The molecule has 6 heteroatoms. The monoisotopic (exact) mass is 425 g/mol. The van der Waals surface area contributed by atoms with Crippen molar-refractivity contribution in [2.75, 3.05) is 24.1 Å². The number of nitrogens with one attached hydrogen (secondary N) is 1. The summed E-state index contributed by atoms with van der Waals surface area (Å²) < 4.78 is 12.8. The molecule has 0 unspecified atom stereocenters. The van der Waals surface area contributed by atoms with Crippen molar-refractivity contribution in [1.29, 1.82) is 5.26 Å². The lowest BCUT2D eigenvalue weighted by Gasteiger charge is -2.36. The normalized spacial score (nSPS) is 15.2. The van der Waals surface area contributed by atoms with E-state index in [1.165, 1.54) is 28.8 Å². The maximum absolute atomic E-state index is 9.52. The lowest BCUT2D eigenvalue weighted by Crippen LogP contribution is -2.31. The second kappa shape index (κ2) is 10.6. The van der Waals surface area contributed by atoms with Crippen LogP contribution in [0.25, 0.3) is 5.70 Å². The number of hydrogen-bond donors (Lipinski definition) is 2. The number of rotatable bonds is 7. The first-order valence-corrected chi connectivity index (χ1v) is 11.9. The number of likely N-dealkylation sites (tertiary alicyclic amines) is 1. The van der Waals surface area contributed by atoms with Crippen molar-refractivity contribution in [3.63, 3.8) is 0 Å². The first kappa shape index (κ1) is 21.6. The molecule has 1 saturated heterocycles. The maximum atomic E-state index is 9.52. The molecule has 0 radical (unpaired) electrons. The van der Waals surface area contributed by atoms with Crippen molar-refractivity contribution >= 4 is 35.4 Å². The molecule has 1 aliphatic rings. The van der Waals surface area contributed by atoms with Gasteiger partial charge in [-0.2, -0.15) is 5.26 Å². The quantitative estimate of drug-likeness (QED) is 0.393. The van der Waals surface area contributed by atoms with E-state index < -0.39 is 0 Å². The predicted octanol–water partition coefficient (Wildman–Crippen LogP) is 6.44. The second-order valence-corrected chi connectivity index (χ2v) is 8.34. The highest BCUT2D eigenvalue weighted by molar-refractivity contribution is 8.00. The molecule has 29 heavy (non-hydrogen) atoms. The second-order valence-electron chi connectivity index (χ2n) is 7.10. The summed E-state index contributed by atoms with van der Waals surface area (Å²) in [5.41, 5.74) is 5.44. The van der Waals surface area contributed by atoms with E-state index in [2.05, 4.69) is 53.0 Å². The Bertz CT molecular complexity index is 882. The van der Waals surface area contributed by atoms with E-state index in [0.29, 0.717) is 5.92 Å². The molecule has 4 nitrogen and oxygen atoms in total. The zero-order valence-corrected chi connectivity index (χ0v) is 18.5. The molecule has 0 amide bonds. The predicted molar refractivity (Wildman–Crippen MR) is 125 cm³/mol. The summed E-state index contributed by atoms with van der Waals surface area (Å²) in [5, 5.41) is 9.00. The molecule has 1 aliphatic heterocycles. The zero-order chi connectivity index (χ0) is 20.6. The SMILES string of the molecule is CC/C=C(\c1ccc(SO)c(NSC)c1)N1CCC(c2ccc(C#N)cc2)CC1. The Kier molecular flexibility index (Phi) is 7.93.